The van der Waals surface area contributed by atoms with E-state index in [1.165, 1.54) is 0 Å². The highest BCUT2D eigenvalue weighted by molar-refractivity contribution is 5.93. The second kappa shape index (κ2) is 5.30. The Morgan fingerprint density at radius 2 is 2.35 bits per heavy atom. The summed E-state index contributed by atoms with van der Waals surface area (Å²) in [6.45, 7) is 1.78. The molecule has 0 radical (unpaired) electrons. The number of carboxylic acid groups (broad SMARTS) is 1. The second-order valence-corrected chi connectivity index (χ2v) is 3.74. The number of aryl methyl sites for hydroxylation is 1. The third kappa shape index (κ3) is 2.85. The zero-order valence-corrected chi connectivity index (χ0v) is 10.2. The summed E-state index contributed by atoms with van der Waals surface area (Å²) in [5.74, 6) is -0.496. The first-order valence-electron chi connectivity index (χ1n) is 5.38. The number of aromatic carboxylic acids is 1. The van der Waals surface area contributed by atoms with Crippen molar-refractivity contribution in [2.24, 2.45) is 0 Å². The van der Waals surface area contributed by atoms with Crippen molar-refractivity contribution < 1.29 is 19.3 Å². The predicted octanol–water partition coefficient (Wildman–Crippen LogP) is 0.992. The Labute approximate surface area is 111 Å². The molecule has 0 unspecified atom stereocenters. The van der Waals surface area contributed by atoms with E-state index in [1.807, 2.05) is 0 Å². The molecule has 0 aliphatic rings. The van der Waals surface area contributed by atoms with Crippen molar-refractivity contribution in [1.29, 1.82) is 0 Å². The SMILES string of the molecule is Cc1noc(CNc2cc(C(=O)O)c([N+](=O)[O-])cn2)n1. The molecule has 0 aliphatic carbocycles. The van der Waals surface area contributed by atoms with Gasteiger partial charge in [0.15, 0.2) is 5.82 Å². The predicted molar refractivity (Wildman–Crippen MR) is 64.2 cm³/mol. The molecular weight excluding hydrogens is 270 g/mol. The van der Waals surface area contributed by atoms with Crippen molar-refractivity contribution in [3.63, 3.8) is 0 Å². The third-order valence-electron chi connectivity index (χ3n) is 2.30. The van der Waals surface area contributed by atoms with E-state index in [0.29, 0.717) is 11.7 Å². The van der Waals surface area contributed by atoms with Crippen LogP contribution in [-0.4, -0.2) is 31.1 Å². The van der Waals surface area contributed by atoms with E-state index in [9.17, 15) is 14.9 Å². The summed E-state index contributed by atoms with van der Waals surface area (Å²) in [7, 11) is 0. The van der Waals surface area contributed by atoms with Gasteiger partial charge >= 0.3 is 11.7 Å². The van der Waals surface area contributed by atoms with E-state index in [-0.39, 0.29) is 12.4 Å². The minimum absolute atomic E-state index is 0.130. The van der Waals surface area contributed by atoms with Crippen LogP contribution in [-0.2, 0) is 6.54 Å². The van der Waals surface area contributed by atoms with Crippen molar-refractivity contribution in [2.75, 3.05) is 5.32 Å². The number of hydrogen-bond donors (Lipinski definition) is 2. The molecular formula is C10H9N5O5. The van der Waals surface area contributed by atoms with Crippen LogP contribution in [0.1, 0.15) is 22.1 Å². The Morgan fingerprint density at radius 1 is 1.60 bits per heavy atom. The highest BCUT2D eigenvalue weighted by atomic mass is 16.6. The summed E-state index contributed by atoms with van der Waals surface area (Å²) in [4.78, 5) is 28.5. The summed E-state index contributed by atoms with van der Waals surface area (Å²) in [6, 6.07) is 1.07. The summed E-state index contributed by atoms with van der Waals surface area (Å²) in [5, 5.41) is 25.9. The number of nitrogens with one attached hydrogen (secondary N) is 1. The molecule has 2 aromatic heterocycles. The number of nitrogens with zero attached hydrogens (tertiary/aromatic N) is 4. The number of aromatic nitrogens is 3. The smallest absolute Gasteiger partial charge is 0.342 e. The quantitative estimate of drug-likeness (QED) is 0.604. The van der Waals surface area contributed by atoms with Crippen LogP contribution in [0.5, 0.6) is 0 Å². The van der Waals surface area contributed by atoms with Crippen LogP contribution in [0.2, 0.25) is 0 Å². The van der Waals surface area contributed by atoms with Gasteiger partial charge in [-0.15, -0.1) is 0 Å². The van der Waals surface area contributed by atoms with Crippen molar-refractivity contribution in [3.05, 3.63) is 39.7 Å². The van der Waals surface area contributed by atoms with Gasteiger partial charge in [-0.05, 0) is 6.92 Å². The van der Waals surface area contributed by atoms with Crippen LogP contribution in [0.4, 0.5) is 11.5 Å². The van der Waals surface area contributed by atoms with E-state index in [0.717, 1.165) is 12.3 Å². The molecule has 2 N–H and O–H groups in total. The molecule has 2 rings (SSSR count). The van der Waals surface area contributed by atoms with Gasteiger partial charge in [-0.1, -0.05) is 5.16 Å². The Kier molecular flexibility index (Phi) is 3.55. The first-order chi connectivity index (χ1) is 9.47. The molecule has 2 heterocycles. The van der Waals surface area contributed by atoms with E-state index in [2.05, 4.69) is 20.4 Å². The van der Waals surface area contributed by atoms with Crippen LogP contribution in [0.3, 0.4) is 0 Å². The molecule has 0 saturated heterocycles. The first kappa shape index (κ1) is 13.4. The van der Waals surface area contributed by atoms with E-state index < -0.39 is 22.1 Å². The maximum atomic E-state index is 11.0. The fraction of sp³-hybridized carbons (Fsp3) is 0.200. The zero-order valence-electron chi connectivity index (χ0n) is 10.2. The topological polar surface area (TPSA) is 144 Å². The van der Waals surface area contributed by atoms with Crippen molar-refractivity contribution in [2.45, 2.75) is 13.5 Å². The van der Waals surface area contributed by atoms with Crippen LogP contribution in [0.25, 0.3) is 0 Å². The molecule has 0 aliphatic heterocycles. The molecule has 104 valence electrons. The van der Waals surface area contributed by atoms with Gasteiger partial charge in [-0.3, -0.25) is 10.1 Å². The zero-order chi connectivity index (χ0) is 14.7. The summed E-state index contributed by atoms with van der Waals surface area (Å²) in [6.07, 6.45) is 0.880. The normalized spacial score (nSPS) is 10.2. The van der Waals surface area contributed by atoms with Gasteiger partial charge in [0.2, 0.25) is 5.89 Å². The Balaban J connectivity index is 2.18. The van der Waals surface area contributed by atoms with Gasteiger partial charge in [-0.2, -0.15) is 4.98 Å². The van der Waals surface area contributed by atoms with Crippen LogP contribution in [0.15, 0.2) is 16.8 Å². The van der Waals surface area contributed by atoms with Crippen LogP contribution < -0.4 is 5.32 Å². The van der Waals surface area contributed by atoms with E-state index >= 15 is 0 Å². The Bertz CT molecular complexity index is 668. The minimum Gasteiger partial charge on any atom is -0.477 e. The van der Waals surface area contributed by atoms with Crippen molar-refractivity contribution in [3.8, 4) is 0 Å². The first-order valence-corrected chi connectivity index (χ1v) is 5.38. The lowest BCUT2D eigenvalue weighted by atomic mass is 10.2. The molecule has 0 atom stereocenters. The molecule has 10 heteroatoms. The van der Waals surface area contributed by atoms with Gasteiger partial charge in [0.25, 0.3) is 0 Å². The van der Waals surface area contributed by atoms with Gasteiger partial charge in [0, 0.05) is 6.07 Å². The number of anilines is 1. The molecule has 20 heavy (non-hydrogen) atoms. The Morgan fingerprint density at radius 3 is 2.90 bits per heavy atom. The fourth-order valence-corrected chi connectivity index (χ4v) is 1.44. The van der Waals surface area contributed by atoms with Crippen LogP contribution in [0, 0.1) is 17.0 Å². The molecule has 0 saturated carbocycles. The van der Waals surface area contributed by atoms with Crippen molar-refractivity contribution in [1.82, 2.24) is 15.1 Å². The number of pyridine rings is 1. The maximum Gasteiger partial charge on any atom is 0.342 e. The standard InChI is InChI=1S/C10H9N5O5/c1-5-13-9(20-14-5)4-12-8-2-6(10(16)17)7(3-11-8)15(18)19/h2-3H,4H2,1H3,(H,11,12)(H,16,17). The lowest BCUT2D eigenvalue weighted by Gasteiger charge is -2.03. The third-order valence-corrected chi connectivity index (χ3v) is 2.30. The number of hydrogen-bond acceptors (Lipinski definition) is 8. The van der Waals surface area contributed by atoms with E-state index in [1.54, 1.807) is 6.92 Å². The van der Waals surface area contributed by atoms with Gasteiger partial charge in [-0.25, -0.2) is 9.78 Å². The number of carbonyl (C=O) groups is 1. The monoisotopic (exact) mass is 279 g/mol. The largest absolute Gasteiger partial charge is 0.477 e. The average molecular weight is 279 g/mol. The highest BCUT2D eigenvalue weighted by Gasteiger charge is 2.21. The highest BCUT2D eigenvalue weighted by Crippen LogP contribution is 2.20. The van der Waals surface area contributed by atoms with Crippen molar-refractivity contribution >= 4 is 17.5 Å². The van der Waals surface area contributed by atoms with E-state index in [4.69, 9.17) is 9.63 Å². The molecule has 0 bridgehead atoms. The summed E-state index contributed by atoms with van der Waals surface area (Å²) < 4.78 is 4.85. The number of rotatable bonds is 5. The van der Waals surface area contributed by atoms with Crippen LogP contribution >= 0.6 is 0 Å². The number of carboxylic acids is 1. The minimum atomic E-state index is -1.41. The molecule has 2 aromatic rings. The fourth-order valence-electron chi connectivity index (χ4n) is 1.44. The molecule has 0 amide bonds. The summed E-state index contributed by atoms with van der Waals surface area (Å²) >= 11 is 0. The van der Waals surface area contributed by atoms with Gasteiger partial charge in [0.1, 0.15) is 17.6 Å². The molecule has 0 fully saturated rings. The van der Waals surface area contributed by atoms with Gasteiger partial charge < -0.3 is 14.9 Å². The maximum absolute atomic E-state index is 11.0. The lowest BCUT2D eigenvalue weighted by molar-refractivity contribution is -0.385. The molecule has 0 spiro atoms. The Hall–Kier alpha value is -3.04. The molecule has 10 nitrogen and oxygen atoms in total. The lowest BCUT2D eigenvalue weighted by Crippen LogP contribution is -2.07. The molecule has 0 aromatic carbocycles. The number of nitro groups is 1. The average Bonchev–Trinajstić information content (AvgIpc) is 2.81. The summed E-state index contributed by atoms with van der Waals surface area (Å²) in [5.41, 5.74) is -1.02. The second-order valence-electron chi connectivity index (χ2n) is 3.74. The van der Waals surface area contributed by atoms with Gasteiger partial charge in [0.05, 0.1) is 11.5 Å².